The second-order valence-electron chi connectivity index (χ2n) is 3.75. The van der Waals surface area contributed by atoms with Crippen LogP contribution in [0.15, 0.2) is 12.1 Å². The van der Waals surface area contributed by atoms with Crippen molar-refractivity contribution in [3.8, 4) is 6.07 Å². The highest BCUT2D eigenvalue weighted by atomic mass is 19.1. The predicted octanol–water partition coefficient (Wildman–Crippen LogP) is 2.83. The van der Waals surface area contributed by atoms with E-state index in [1.165, 1.54) is 12.1 Å². The molecule has 1 aromatic rings. The highest BCUT2D eigenvalue weighted by Crippen LogP contribution is 2.49. The van der Waals surface area contributed by atoms with Crippen molar-refractivity contribution in [2.75, 3.05) is 0 Å². The number of rotatable bonds is 1. The van der Waals surface area contributed by atoms with Crippen LogP contribution in [0.2, 0.25) is 0 Å². The molecule has 1 aromatic carbocycles. The molecule has 3 heteroatoms. The maximum Gasteiger partial charge on any atom is 0.133 e. The van der Waals surface area contributed by atoms with Gasteiger partial charge in [0, 0.05) is 5.56 Å². The van der Waals surface area contributed by atoms with Gasteiger partial charge in [0.2, 0.25) is 0 Å². The first-order valence-corrected chi connectivity index (χ1v) is 4.47. The number of hydrogen-bond donors (Lipinski definition) is 0. The summed E-state index contributed by atoms with van der Waals surface area (Å²) < 4.78 is 27.0. The molecule has 0 aliphatic heterocycles. The second kappa shape index (κ2) is 2.78. The van der Waals surface area contributed by atoms with E-state index in [1.807, 2.05) is 6.07 Å². The van der Waals surface area contributed by atoms with Crippen molar-refractivity contribution in [1.82, 2.24) is 0 Å². The van der Waals surface area contributed by atoms with Gasteiger partial charge in [0.05, 0.1) is 11.5 Å². The van der Waals surface area contributed by atoms with E-state index in [2.05, 4.69) is 0 Å². The van der Waals surface area contributed by atoms with Gasteiger partial charge in [0.25, 0.3) is 0 Å². The fourth-order valence-corrected chi connectivity index (χ4v) is 1.64. The van der Waals surface area contributed by atoms with Crippen LogP contribution in [-0.4, -0.2) is 0 Å². The van der Waals surface area contributed by atoms with E-state index in [0.29, 0.717) is 18.4 Å². The van der Waals surface area contributed by atoms with Gasteiger partial charge in [-0.05, 0) is 31.4 Å². The fraction of sp³-hybridized carbons (Fsp3) is 0.364. The van der Waals surface area contributed by atoms with Gasteiger partial charge in [-0.1, -0.05) is 6.07 Å². The summed E-state index contributed by atoms with van der Waals surface area (Å²) in [6.45, 7) is 1.58. The van der Waals surface area contributed by atoms with Crippen LogP contribution in [0.4, 0.5) is 8.78 Å². The maximum atomic E-state index is 13.6. The van der Waals surface area contributed by atoms with Gasteiger partial charge in [0.15, 0.2) is 0 Å². The molecule has 1 fully saturated rings. The molecule has 0 spiro atoms. The smallest absolute Gasteiger partial charge is 0.133 e. The lowest BCUT2D eigenvalue weighted by molar-refractivity contribution is 0.537. The van der Waals surface area contributed by atoms with Crippen molar-refractivity contribution in [2.24, 2.45) is 0 Å². The van der Waals surface area contributed by atoms with Gasteiger partial charge in [-0.25, -0.2) is 8.78 Å². The lowest BCUT2D eigenvalue weighted by Gasteiger charge is -2.10. The van der Waals surface area contributed by atoms with Crippen molar-refractivity contribution in [2.45, 2.75) is 25.2 Å². The first kappa shape index (κ1) is 9.14. The van der Waals surface area contributed by atoms with Crippen molar-refractivity contribution >= 4 is 0 Å². The zero-order chi connectivity index (χ0) is 10.3. The summed E-state index contributed by atoms with van der Waals surface area (Å²) in [6, 6.07) is 4.62. The van der Waals surface area contributed by atoms with Gasteiger partial charge in [-0.15, -0.1) is 0 Å². The summed E-state index contributed by atoms with van der Waals surface area (Å²) in [5, 5.41) is 8.87. The minimum absolute atomic E-state index is 0.0417. The standard InChI is InChI=1S/C11H9F2N/c1-7-2-3-8(12)9(10(7)13)11(6-14)4-5-11/h2-3H,4-5H2,1H3. The molecule has 1 nitrogen and oxygen atoms in total. The van der Waals surface area contributed by atoms with E-state index in [-0.39, 0.29) is 5.56 Å². The van der Waals surface area contributed by atoms with E-state index in [0.717, 1.165) is 0 Å². The molecule has 0 unspecified atom stereocenters. The van der Waals surface area contributed by atoms with Crippen molar-refractivity contribution < 1.29 is 8.78 Å². The third-order valence-electron chi connectivity index (χ3n) is 2.73. The lowest BCUT2D eigenvalue weighted by atomic mass is 9.94. The number of nitrogens with zero attached hydrogens (tertiary/aromatic N) is 1. The molecule has 0 saturated heterocycles. The van der Waals surface area contributed by atoms with E-state index in [1.54, 1.807) is 6.92 Å². The number of aryl methyl sites for hydroxylation is 1. The summed E-state index contributed by atoms with van der Waals surface area (Å²) in [4.78, 5) is 0. The van der Waals surface area contributed by atoms with Gasteiger partial charge in [0.1, 0.15) is 11.6 Å². The molecular weight excluding hydrogens is 184 g/mol. The summed E-state index contributed by atoms with van der Waals surface area (Å²) >= 11 is 0. The van der Waals surface area contributed by atoms with E-state index in [9.17, 15) is 8.78 Å². The van der Waals surface area contributed by atoms with Gasteiger partial charge in [-0.2, -0.15) is 5.26 Å². The number of nitriles is 1. The Balaban J connectivity index is 2.64. The molecule has 14 heavy (non-hydrogen) atoms. The fourth-order valence-electron chi connectivity index (χ4n) is 1.64. The Morgan fingerprint density at radius 1 is 1.36 bits per heavy atom. The molecule has 72 valence electrons. The topological polar surface area (TPSA) is 23.8 Å². The molecule has 1 aliphatic carbocycles. The molecule has 1 saturated carbocycles. The molecule has 0 atom stereocenters. The van der Waals surface area contributed by atoms with Crippen LogP contribution in [0.25, 0.3) is 0 Å². The van der Waals surface area contributed by atoms with Crippen LogP contribution in [0.3, 0.4) is 0 Å². The van der Waals surface area contributed by atoms with Crippen LogP contribution in [0, 0.1) is 29.9 Å². The Labute approximate surface area is 81.0 Å². The monoisotopic (exact) mass is 193 g/mol. The summed E-state index contributed by atoms with van der Waals surface area (Å²) in [5.41, 5.74) is -0.539. The van der Waals surface area contributed by atoms with E-state index >= 15 is 0 Å². The van der Waals surface area contributed by atoms with Gasteiger partial charge >= 0.3 is 0 Å². The van der Waals surface area contributed by atoms with Crippen molar-refractivity contribution in [3.63, 3.8) is 0 Å². The number of benzene rings is 1. The van der Waals surface area contributed by atoms with E-state index < -0.39 is 17.0 Å². The van der Waals surface area contributed by atoms with Crippen LogP contribution in [-0.2, 0) is 5.41 Å². The SMILES string of the molecule is Cc1ccc(F)c(C2(C#N)CC2)c1F. The molecule has 0 heterocycles. The van der Waals surface area contributed by atoms with Crippen LogP contribution in [0.5, 0.6) is 0 Å². The Kier molecular flexibility index (Phi) is 1.81. The zero-order valence-corrected chi connectivity index (χ0v) is 7.77. The summed E-state index contributed by atoms with van der Waals surface area (Å²) in [6.07, 6.45) is 1.11. The van der Waals surface area contributed by atoms with Gasteiger partial charge < -0.3 is 0 Å². The predicted molar refractivity (Wildman–Crippen MR) is 47.6 cm³/mol. The first-order valence-electron chi connectivity index (χ1n) is 4.47. The molecule has 0 radical (unpaired) electrons. The second-order valence-corrected chi connectivity index (χ2v) is 3.75. The van der Waals surface area contributed by atoms with Crippen LogP contribution < -0.4 is 0 Å². The average Bonchev–Trinajstić information content (AvgIpc) is 2.93. The van der Waals surface area contributed by atoms with Gasteiger partial charge in [-0.3, -0.25) is 0 Å². The molecule has 0 bridgehead atoms. The van der Waals surface area contributed by atoms with Crippen molar-refractivity contribution in [1.29, 1.82) is 5.26 Å². The van der Waals surface area contributed by atoms with E-state index in [4.69, 9.17) is 5.26 Å². The van der Waals surface area contributed by atoms with Crippen LogP contribution >= 0.6 is 0 Å². The number of hydrogen-bond acceptors (Lipinski definition) is 1. The molecule has 0 aromatic heterocycles. The Morgan fingerprint density at radius 2 is 2.00 bits per heavy atom. The minimum atomic E-state index is -0.889. The minimum Gasteiger partial charge on any atom is -0.207 e. The maximum absolute atomic E-state index is 13.6. The average molecular weight is 193 g/mol. The molecule has 2 rings (SSSR count). The third kappa shape index (κ3) is 1.11. The Morgan fingerprint density at radius 3 is 2.50 bits per heavy atom. The summed E-state index contributed by atoms with van der Waals surface area (Å²) in [5.74, 6) is -1.17. The largest absolute Gasteiger partial charge is 0.207 e. The first-order chi connectivity index (χ1) is 6.60. The highest BCUT2D eigenvalue weighted by Gasteiger charge is 2.48. The Hall–Kier alpha value is -1.43. The highest BCUT2D eigenvalue weighted by molar-refractivity contribution is 5.42. The lowest BCUT2D eigenvalue weighted by Crippen LogP contribution is -2.10. The molecule has 0 amide bonds. The Bertz CT molecular complexity index is 428. The third-order valence-corrected chi connectivity index (χ3v) is 2.73. The van der Waals surface area contributed by atoms with Crippen molar-refractivity contribution in [3.05, 3.63) is 34.9 Å². The zero-order valence-electron chi connectivity index (χ0n) is 7.77. The molecule has 0 N–H and O–H groups in total. The quantitative estimate of drug-likeness (QED) is 0.672. The summed E-state index contributed by atoms with van der Waals surface area (Å²) in [7, 11) is 0. The molecule has 1 aliphatic rings. The molecular formula is C11H9F2N. The normalized spacial score (nSPS) is 17.6. The number of halogens is 2. The van der Waals surface area contributed by atoms with Crippen LogP contribution in [0.1, 0.15) is 24.0 Å².